The lowest BCUT2D eigenvalue weighted by atomic mass is 9.91. The second-order valence-electron chi connectivity index (χ2n) is 5.62. The van der Waals surface area contributed by atoms with Crippen molar-refractivity contribution in [2.24, 2.45) is 0 Å². The van der Waals surface area contributed by atoms with Gasteiger partial charge in [-0.05, 0) is 38.1 Å². The number of hydrogen-bond donors (Lipinski definition) is 5. The fourth-order valence-corrected chi connectivity index (χ4v) is 2.18. The number of nitrogens with one attached hydrogen (secondary N) is 4. The minimum atomic E-state index is -3.25. The summed E-state index contributed by atoms with van der Waals surface area (Å²) in [6.45, 7) is 2.51. The van der Waals surface area contributed by atoms with Gasteiger partial charge in [0, 0.05) is 18.2 Å². The van der Waals surface area contributed by atoms with Crippen molar-refractivity contribution in [1.29, 1.82) is 0 Å². The third-order valence-corrected chi connectivity index (χ3v) is 3.73. The van der Waals surface area contributed by atoms with Gasteiger partial charge in [-0.2, -0.15) is 0 Å². The largest absolute Gasteiger partial charge is 0.341 e. The van der Waals surface area contributed by atoms with Crippen molar-refractivity contribution in [3.63, 3.8) is 0 Å². The molecule has 4 amide bonds. The third-order valence-electron chi connectivity index (χ3n) is 3.73. The molecule has 146 valence electrons. The molecule has 0 heterocycles. The van der Waals surface area contributed by atoms with Gasteiger partial charge in [-0.25, -0.2) is 19.1 Å². The van der Waals surface area contributed by atoms with E-state index in [2.05, 4.69) is 22.5 Å². The second kappa shape index (κ2) is 9.49. The Morgan fingerprint density at radius 3 is 2.22 bits per heavy atom. The van der Waals surface area contributed by atoms with Crippen molar-refractivity contribution in [2.45, 2.75) is 31.9 Å². The van der Waals surface area contributed by atoms with Gasteiger partial charge < -0.3 is 16.0 Å². The van der Waals surface area contributed by atoms with Crippen molar-refractivity contribution in [2.75, 3.05) is 7.05 Å². The number of alkyl halides is 2. The third kappa shape index (κ3) is 5.39. The zero-order valence-corrected chi connectivity index (χ0v) is 14.9. The molecular formula is C17H20F2N4O4. The van der Waals surface area contributed by atoms with Crippen molar-refractivity contribution < 1.29 is 28.4 Å². The molecule has 2 atom stereocenters. The molecule has 8 nitrogen and oxygen atoms in total. The highest BCUT2D eigenvalue weighted by Crippen LogP contribution is 2.21. The molecule has 0 bridgehead atoms. The summed E-state index contributed by atoms with van der Waals surface area (Å²) in [5.41, 5.74) is -0.572. The van der Waals surface area contributed by atoms with Crippen LogP contribution in [0.2, 0.25) is 0 Å². The van der Waals surface area contributed by atoms with E-state index in [-0.39, 0.29) is 5.56 Å². The summed E-state index contributed by atoms with van der Waals surface area (Å²) in [5, 5.41) is 15.0. The van der Waals surface area contributed by atoms with Crippen LogP contribution in [0.1, 0.15) is 29.8 Å². The number of benzene rings is 1. The van der Waals surface area contributed by atoms with E-state index in [1.165, 1.54) is 24.7 Å². The molecule has 10 heteroatoms. The molecule has 0 aliphatic carbocycles. The lowest BCUT2D eigenvalue weighted by Crippen LogP contribution is -2.69. The number of urea groups is 1. The predicted octanol–water partition coefficient (Wildman–Crippen LogP) is 0.615. The summed E-state index contributed by atoms with van der Waals surface area (Å²) in [6, 6.07) is 2.92. The number of rotatable bonds is 6. The van der Waals surface area contributed by atoms with E-state index in [4.69, 9.17) is 5.21 Å². The second-order valence-corrected chi connectivity index (χ2v) is 5.62. The fraction of sp³-hybridized carbons (Fsp3) is 0.353. The molecule has 0 saturated heterocycles. The van der Waals surface area contributed by atoms with Crippen molar-refractivity contribution in [3.05, 3.63) is 35.4 Å². The number of hydroxylamine groups is 1. The lowest BCUT2D eigenvalue weighted by Gasteiger charge is -2.36. The van der Waals surface area contributed by atoms with Gasteiger partial charge in [0.15, 0.2) is 0 Å². The number of carbonyl (C=O) groups excluding carboxylic acids is 3. The van der Waals surface area contributed by atoms with Crippen LogP contribution in [0, 0.1) is 11.8 Å². The van der Waals surface area contributed by atoms with E-state index in [0.717, 1.165) is 6.92 Å². The Hall–Kier alpha value is -3.19. The van der Waals surface area contributed by atoms with Gasteiger partial charge in [-0.1, -0.05) is 5.92 Å². The van der Waals surface area contributed by atoms with Gasteiger partial charge in [0.05, 0.1) is 0 Å². The van der Waals surface area contributed by atoms with Crippen LogP contribution < -0.4 is 21.4 Å². The smallest absolute Gasteiger partial charge is 0.315 e. The lowest BCUT2D eigenvalue weighted by molar-refractivity contribution is -0.135. The molecule has 0 saturated carbocycles. The molecule has 0 aromatic heterocycles. The van der Waals surface area contributed by atoms with Crippen molar-refractivity contribution >= 4 is 17.8 Å². The highest BCUT2D eigenvalue weighted by molar-refractivity contribution is 5.98. The molecule has 1 aromatic rings. The molecule has 0 fully saturated rings. The average molecular weight is 382 g/mol. The summed E-state index contributed by atoms with van der Waals surface area (Å²) in [5.74, 6) is 3.28. The first kappa shape index (κ1) is 21.9. The maximum absolute atomic E-state index is 13.6. The number of hydrogen-bond acceptors (Lipinski definition) is 4. The highest BCUT2D eigenvalue weighted by atomic mass is 19.3. The SMILES string of the molecule is CC#Cc1ccc(C(=O)NC(C(=O)NO)C(C)(NC(=O)NC)C(F)F)cc1. The molecule has 0 aliphatic rings. The predicted molar refractivity (Wildman–Crippen MR) is 92.2 cm³/mol. The summed E-state index contributed by atoms with van der Waals surface area (Å²) in [6.07, 6.45) is -3.25. The summed E-state index contributed by atoms with van der Waals surface area (Å²) >= 11 is 0. The average Bonchev–Trinajstić information content (AvgIpc) is 2.65. The highest BCUT2D eigenvalue weighted by Gasteiger charge is 2.48. The van der Waals surface area contributed by atoms with Gasteiger partial charge in [0.2, 0.25) is 0 Å². The van der Waals surface area contributed by atoms with Crippen LogP contribution in [0.25, 0.3) is 0 Å². The summed E-state index contributed by atoms with van der Waals surface area (Å²) in [4.78, 5) is 35.9. The van der Waals surface area contributed by atoms with E-state index < -0.39 is 35.9 Å². The Morgan fingerprint density at radius 2 is 1.78 bits per heavy atom. The summed E-state index contributed by atoms with van der Waals surface area (Å²) in [7, 11) is 1.20. The fourth-order valence-electron chi connectivity index (χ4n) is 2.18. The molecular weight excluding hydrogens is 362 g/mol. The standard InChI is InChI=1S/C17H20F2N4O4/c1-4-5-10-6-8-11(9-7-10)13(24)21-12(14(25)23-27)17(2,15(18)19)22-16(26)20-3/h6-9,12,15,27H,1-3H3,(H,21,24)(H,23,25)(H2,20,22,26). The topological polar surface area (TPSA) is 120 Å². The van der Waals surface area contributed by atoms with Crippen LogP contribution in [0.3, 0.4) is 0 Å². The normalized spacial score (nSPS) is 13.4. The van der Waals surface area contributed by atoms with Crippen LogP contribution in [0.4, 0.5) is 13.6 Å². The van der Waals surface area contributed by atoms with E-state index in [0.29, 0.717) is 5.56 Å². The Kier molecular flexibility index (Phi) is 7.68. The Labute approximate surface area is 154 Å². The van der Waals surface area contributed by atoms with Gasteiger partial charge in [0.25, 0.3) is 18.2 Å². The van der Waals surface area contributed by atoms with E-state index >= 15 is 0 Å². The van der Waals surface area contributed by atoms with Crippen LogP contribution >= 0.6 is 0 Å². The zero-order valence-electron chi connectivity index (χ0n) is 14.9. The molecule has 1 rings (SSSR count). The van der Waals surface area contributed by atoms with Crippen molar-refractivity contribution in [1.82, 2.24) is 21.4 Å². The van der Waals surface area contributed by atoms with Crippen LogP contribution in [-0.2, 0) is 4.79 Å². The zero-order chi connectivity index (χ0) is 20.6. The van der Waals surface area contributed by atoms with Crippen LogP contribution in [0.5, 0.6) is 0 Å². The Morgan fingerprint density at radius 1 is 1.19 bits per heavy atom. The maximum Gasteiger partial charge on any atom is 0.315 e. The molecule has 5 N–H and O–H groups in total. The van der Waals surface area contributed by atoms with Crippen molar-refractivity contribution in [3.8, 4) is 11.8 Å². The summed E-state index contributed by atoms with van der Waals surface area (Å²) < 4.78 is 27.3. The Bertz CT molecular complexity index is 758. The van der Waals surface area contributed by atoms with E-state index in [1.54, 1.807) is 19.1 Å². The van der Waals surface area contributed by atoms with Gasteiger partial charge >= 0.3 is 6.03 Å². The quantitative estimate of drug-likeness (QED) is 0.281. The first-order valence-corrected chi connectivity index (χ1v) is 7.75. The molecule has 1 aromatic carbocycles. The first-order chi connectivity index (χ1) is 12.7. The van der Waals surface area contributed by atoms with Crippen LogP contribution in [0.15, 0.2) is 24.3 Å². The van der Waals surface area contributed by atoms with E-state index in [1.807, 2.05) is 5.32 Å². The van der Waals surface area contributed by atoms with Crippen LogP contribution in [-0.4, -0.2) is 48.1 Å². The minimum absolute atomic E-state index is 0.0731. The maximum atomic E-state index is 13.6. The van der Waals surface area contributed by atoms with Gasteiger partial charge in [0.1, 0.15) is 11.6 Å². The molecule has 27 heavy (non-hydrogen) atoms. The van der Waals surface area contributed by atoms with E-state index in [9.17, 15) is 23.2 Å². The van der Waals surface area contributed by atoms with Gasteiger partial charge in [-0.15, -0.1) is 5.92 Å². The molecule has 0 spiro atoms. The first-order valence-electron chi connectivity index (χ1n) is 7.75. The number of halogens is 2. The number of amides is 4. The molecule has 0 radical (unpaired) electrons. The monoisotopic (exact) mass is 382 g/mol. The molecule has 2 unspecified atom stereocenters. The Balaban J connectivity index is 3.17. The minimum Gasteiger partial charge on any atom is -0.341 e. The molecule has 0 aliphatic heterocycles. The van der Waals surface area contributed by atoms with Gasteiger partial charge in [-0.3, -0.25) is 14.8 Å². The number of carbonyl (C=O) groups is 3.